The summed E-state index contributed by atoms with van der Waals surface area (Å²) in [4.78, 5) is 13.8. The Labute approximate surface area is 161 Å². The molecule has 26 heavy (non-hydrogen) atoms. The fourth-order valence-electron chi connectivity index (χ4n) is 2.49. The van der Waals surface area contributed by atoms with Crippen LogP contribution in [0.2, 0.25) is 0 Å². The minimum Gasteiger partial charge on any atom is -0.325 e. The van der Waals surface area contributed by atoms with Crippen LogP contribution in [0.1, 0.15) is 37.1 Å². The predicted octanol–water partition coefficient (Wildman–Crippen LogP) is 4.03. The number of rotatable bonds is 7. The van der Waals surface area contributed by atoms with Crippen LogP contribution in [-0.2, 0) is 11.3 Å². The van der Waals surface area contributed by atoms with E-state index in [2.05, 4.69) is 34.7 Å². The Hall–Kier alpha value is -2.19. The lowest BCUT2D eigenvalue weighted by Crippen LogP contribution is -2.23. The highest BCUT2D eigenvalue weighted by atomic mass is 32.2. The molecule has 1 amide bonds. The molecule has 136 valence electrons. The minimum atomic E-state index is -0.316. The Morgan fingerprint density at radius 1 is 1.23 bits per heavy atom. The van der Waals surface area contributed by atoms with E-state index in [1.165, 1.54) is 16.6 Å². The maximum atomic E-state index is 12.6. The lowest BCUT2D eigenvalue weighted by atomic mass is 10.0. The third-order valence-corrected chi connectivity index (χ3v) is 5.81. The van der Waals surface area contributed by atoms with Gasteiger partial charge in [0.1, 0.15) is 0 Å². The number of anilines is 1. The number of para-hydroxylation sites is 1. The molecular formula is C18H21N5OS2. The largest absolute Gasteiger partial charge is 0.325 e. The van der Waals surface area contributed by atoms with Crippen molar-refractivity contribution >= 4 is 34.7 Å². The van der Waals surface area contributed by atoms with E-state index in [1.807, 2.05) is 48.7 Å². The van der Waals surface area contributed by atoms with Crippen LogP contribution in [0.15, 0.2) is 46.9 Å². The molecule has 3 rings (SSSR count). The zero-order valence-electron chi connectivity index (χ0n) is 14.9. The second-order valence-electron chi connectivity index (χ2n) is 6.19. The summed E-state index contributed by atoms with van der Waals surface area (Å²) in [5.41, 5.74) is 1.98. The maximum Gasteiger partial charge on any atom is 0.237 e. The molecule has 2 heterocycles. The molecule has 2 aromatic heterocycles. The molecule has 0 saturated heterocycles. The van der Waals surface area contributed by atoms with Gasteiger partial charge in [0.15, 0.2) is 0 Å². The van der Waals surface area contributed by atoms with Crippen molar-refractivity contribution in [2.45, 2.75) is 43.6 Å². The SMILES string of the molecule is CC(Sc1nnnn1Cc1cccs1)C(=O)Nc1ccccc1C(C)C. The van der Waals surface area contributed by atoms with E-state index < -0.39 is 0 Å². The predicted molar refractivity (Wildman–Crippen MR) is 106 cm³/mol. The first kappa shape index (κ1) is 18.6. The van der Waals surface area contributed by atoms with E-state index in [4.69, 9.17) is 0 Å². The molecule has 3 aromatic rings. The summed E-state index contributed by atoms with van der Waals surface area (Å²) in [5.74, 6) is 0.279. The van der Waals surface area contributed by atoms with E-state index in [0.717, 1.165) is 11.3 Å². The average Bonchev–Trinajstić information content (AvgIpc) is 3.28. The standard InChI is InChI=1S/C18H21N5OS2/c1-12(2)15-8-4-5-9-16(15)19-17(24)13(3)26-18-20-21-22-23(18)11-14-7-6-10-25-14/h4-10,12-13H,11H2,1-3H3,(H,19,24). The van der Waals surface area contributed by atoms with Crippen molar-refractivity contribution in [3.05, 3.63) is 52.2 Å². The number of hydrogen-bond donors (Lipinski definition) is 1. The molecule has 0 spiro atoms. The van der Waals surface area contributed by atoms with Crippen LogP contribution in [0.25, 0.3) is 0 Å². The molecule has 0 aliphatic rings. The lowest BCUT2D eigenvalue weighted by molar-refractivity contribution is -0.115. The topological polar surface area (TPSA) is 72.7 Å². The van der Waals surface area contributed by atoms with Gasteiger partial charge in [-0.15, -0.1) is 16.4 Å². The van der Waals surface area contributed by atoms with Crippen LogP contribution in [-0.4, -0.2) is 31.4 Å². The highest BCUT2D eigenvalue weighted by molar-refractivity contribution is 8.00. The van der Waals surface area contributed by atoms with Gasteiger partial charge in [0, 0.05) is 10.6 Å². The zero-order valence-corrected chi connectivity index (χ0v) is 16.5. The van der Waals surface area contributed by atoms with Crippen molar-refractivity contribution in [2.75, 3.05) is 5.32 Å². The van der Waals surface area contributed by atoms with Crippen LogP contribution in [0, 0.1) is 0 Å². The third kappa shape index (κ3) is 4.50. The number of thioether (sulfide) groups is 1. The molecule has 8 heteroatoms. The highest BCUT2D eigenvalue weighted by Gasteiger charge is 2.20. The van der Waals surface area contributed by atoms with E-state index in [9.17, 15) is 4.79 Å². The Morgan fingerprint density at radius 2 is 2.04 bits per heavy atom. The van der Waals surface area contributed by atoms with Crippen molar-refractivity contribution in [3.63, 3.8) is 0 Å². The van der Waals surface area contributed by atoms with Crippen molar-refractivity contribution in [2.24, 2.45) is 0 Å². The van der Waals surface area contributed by atoms with E-state index >= 15 is 0 Å². The number of hydrogen-bond acceptors (Lipinski definition) is 6. The van der Waals surface area contributed by atoms with Crippen LogP contribution in [0.5, 0.6) is 0 Å². The average molecular weight is 388 g/mol. The molecule has 6 nitrogen and oxygen atoms in total. The van der Waals surface area contributed by atoms with Crippen molar-refractivity contribution in [1.82, 2.24) is 20.2 Å². The molecule has 1 N–H and O–H groups in total. The number of nitrogens with one attached hydrogen (secondary N) is 1. The van der Waals surface area contributed by atoms with Crippen LogP contribution < -0.4 is 5.32 Å². The molecule has 0 radical (unpaired) electrons. The van der Waals surface area contributed by atoms with Crippen LogP contribution >= 0.6 is 23.1 Å². The number of thiophene rings is 1. The smallest absolute Gasteiger partial charge is 0.237 e. The number of amides is 1. The second-order valence-corrected chi connectivity index (χ2v) is 8.53. The van der Waals surface area contributed by atoms with Crippen molar-refractivity contribution < 1.29 is 4.79 Å². The maximum absolute atomic E-state index is 12.6. The van der Waals surface area contributed by atoms with Gasteiger partial charge in [-0.1, -0.05) is 49.9 Å². The minimum absolute atomic E-state index is 0.0613. The van der Waals surface area contributed by atoms with Crippen LogP contribution in [0.4, 0.5) is 5.69 Å². The van der Waals surface area contributed by atoms with E-state index in [1.54, 1.807) is 16.0 Å². The first-order valence-electron chi connectivity index (χ1n) is 8.39. The number of tetrazole rings is 1. The summed E-state index contributed by atoms with van der Waals surface area (Å²) < 4.78 is 1.72. The highest BCUT2D eigenvalue weighted by Crippen LogP contribution is 2.26. The summed E-state index contributed by atoms with van der Waals surface area (Å²) >= 11 is 3.02. The third-order valence-electron chi connectivity index (χ3n) is 3.88. The van der Waals surface area contributed by atoms with Gasteiger partial charge in [-0.3, -0.25) is 4.79 Å². The monoisotopic (exact) mass is 387 g/mol. The van der Waals surface area contributed by atoms with Gasteiger partial charge in [0.05, 0.1) is 11.8 Å². The molecule has 0 fully saturated rings. The molecular weight excluding hydrogens is 366 g/mol. The quantitative estimate of drug-likeness (QED) is 0.620. The summed E-state index contributed by atoms with van der Waals surface area (Å²) in [5, 5.41) is 17.2. The number of aromatic nitrogens is 4. The Balaban J connectivity index is 1.66. The Morgan fingerprint density at radius 3 is 2.77 bits per heavy atom. The van der Waals surface area contributed by atoms with Gasteiger partial charge < -0.3 is 5.32 Å². The first-order chi connectivity index (χ1) is 12.5. The zero-order chi connectivity index (χ0) is 18.5. The van der Waals surface area contributed by atoms with E-state index in [-0.39, 0.29) is 11.2 Å². The first-order valence-corrected chi connectivity index (χ1v) is 10.2. The summed E-state index contributed by atoms with van der Waals surface area (Å²) in [6.07, 6.45) is 0. The fraction of sp³-hybridized carbons (Fsp3) is 0.333. The molecule has 1 unspecified atom stereocenters. The van der Waals surface area contributed by atoms with Gasteiger partial charge in [0.25, 0.3) is 0 Å². The lowest BCUT2D eigenvalue weighted by Gasteiger charge is -2.16. The summed E-state index contributed by atoms with van der Waals surface area (Å²) in [7, 11) is 0. The van der Waals surface area contributed by atoms with Crippen molar-refractivity contribution in [1.29, 1.82) is 0 Å². The van der Waals surface area contributed by atoms with Crippen LogP contribution in [0.3, 0.4) is 0 Å². The van der Waals surface area contributed by atoms with Gasteiger partial charge in [0.2, 0.25) is 11.1 Å². The van der Waals surface area contributed by atoms with Crippen molar-refractivity contribution in [3.8, 4) is 0 Å². The molecule has 1 atom stereocenters. The van der Waals surface area contributed by atoms with E-state index in [0.29, 0.717) is 17.6 Å². The number of carbonyl (C=O) groups excluding carboxylic acids is 1. The molecule has 0 aliphatic heterocycles. The van der Waals surface area contributed by atoms with Gasteiger partial charge in [-0.25, -0.2) is 4.68 Å². The second kappa shape index (κ2) is 8.46. The summed E-state index contributed by atoms with van der Waals surface area (Å²) in [6.45, 7) is 6.70. The molecule has 0 saturated carbocycles. The summed E-state index contributed by atoms with van der Waals surface area (Å²) in [6, 6.07) is 11.9. The number of nitrogens with zero attached hydrogens (tertiary/aromatic N) is 4. The van der Waals surface area contributed by atoms with Gasteiger partial charge in [-0.2, -0.15) is 0 Å². The molecule has 0 aliphatic carbocycles. The van der Waals surface area contributed by atoms with Gasteiger partial charge >= 0.3 is 0 Å². The Kier molecular flexibility index (Phi) is 6.05. The number of carbonyl (C=O) groups is 1. The normalized spacial score (nSPS) is 12.3. The molecule has 1 aromatic carbocycles. The van der Waals surface area contributed by atoms with Gasteiger partial charge in [-0.05, 0) is 46.3 Å². The Bertz CT molecular complexity index is 860. The fourth-order valence-corrected chi connectivity index (χ4v) is 3.97. The number of benzene rings is 1. The molecule has 0 bridgehead atoms.